The molecule has 0 spiro atoms. The summed E-state index contributed by atoms with van der Waals surface area (Å²) < 4.78 is 0.738. The normalized spacial score (nSPS) is 11.9. The van der Waals surface area contributed by atoms with Crippen molar-refractivity contribution in [1.29, 1.82) is 0 Å². The average Bonchev–Trinajstić information content (AvgIpc) is 2.46. The van der Waals surface area contributed by atoms with Crippen LogP contribution in [-0.4, -0.2) is 12.1 Å². The van der Waals surface area contributed by atoms with Gasteiger partial charge in [0.05, 0.1) is 10.0 Å². The second-order valence-corrected chi connectivity index (χ2v) is 5.31. The van der Waals surface area contributed by atoms with E-state index in [0.29, 0.717) is 6.41 Å². The van der Waals surface area contributed by atoms with Crippen molar-refractivity contribution < 1.29 is 4.79 Å². The number of rotatable bonds is 4. The summed E-state index contributed by atoms with van der Waals surface area (Å²) in [4.78, 5) is 11.3. The van der Waals surface area contributed by atoms with Gasteiger partial charge in [0.2, 0.25) is 6.41 Å². The molecule has 0 unspecified atom stereocenters. The molecule has 0 aliphatic heterocycles. The molecule has 0 bridgehead atoms. The third kappa shape index (κ3) is 3.04. The minimum atomic E-state index is 0.238. The summed E-state index contributed by atoms with van der Waals surface area (Å²) in [5.41, 5.74) is 4.19. The molecule has 0 saturated carbocycles. The standard InChI is InChI=1S/C10H13ClN2OS/c1-6(2)10(13-12-5-14)8-4-9(11)15-7(8)3/h4-6H,1-3H3,(H,12,14)/b13-10-. The highest BCUT2D eigenvalue weighted by atomic mass is 35.5. The van der Waals surface area contributed by atoms with Crippen LogP contribution in [0.4, 0.5) is 0 Å². The molecule has 0 fully saturated rings. The Hall–Kier alpha value is -0.870. The zero-order chi connectivity index (χ0) is 11.4. The van der Waals surface area contributed by atoms with Crippen LogP contribution in [0, 0.1) is 12.8 Å². The molecule has 15 heavy (non-hydrogen) atoms. The van der Waals surface area contributed by atoms with Gasteiger partial charge in [-0.3, -0.25) is 4.79 Å². The van der Waals surface area contributed by atoms with E-state index >= 15 is 0 Å². The van der Waals surface area contributed by atoms with Gasteiger partial charge in [-0.1, -0.05) is 25.4 Å². The first-order valence-corrected chi connectivity index (χ1v) is 5.78. The smallest absolute Gasteiger partial charge is 0.227 e. The molecule has 0 aliphatic carbocycles. The Kier molecular flexibility index (Phi) is 4.29. The van der Waals surface area contributed by atoms with Crippen molar-refractivity contribution >= 4 is 35.1 Å². The predicted molar refractivity (Wildman–Crippen MR) is 64.6 cm³/mol. The van der Waals surface area contributed by atoms with E-state index in [1.54, 1.807) is 0 Å². The molecule has 1 heterocycles. The molecule has 0 atom stereocenters. The molecule has 1 aromatic rings. The predicted octanol–water partition coefficient (Wildman–Crippen LogP) is 2.82. The summed E-state index contributed by atoms with van der Waals surface area (Å²) in [6, 6.07) is 1.88. The maximum Gasteiger partial charge on any atom is 0.227 e. The number of halogens is 1. The van der Waals surface area contributed by atoms with Gasteiger partial charge in [0.15, 0.2) is 0 Å². The number of nitrogens with zero attached hydrogens (tertiary/aromatic N) is 1. The highest BCUT2D eigenvalue weighted by Crippen LogP contribution is 2.27. The number of aryl methyl sites for hydroxylation is 1. The SMILES string of the molecule is Cc1sc(Cl)cc1/C(=N\NC=O)C(C)C. The molecule has 82 valence electrons. The monoisotopic (exact) mass is 244 g/mol. The maximum absolute atomic E-state index is 10.2. The van der Waals surface area contributed by atoms with Crippen molar-refractivity contribution in [3.05, 3.63) is 20.8 Å². The van der Waals surface area contributed by atoms with Crippen LogP contribution in [-0.2, 0) is 4.79 Å². The summed E-state index contributed by atoms with van der Waals surface area (Å²) in [6.45, 7) is 6.04. The largest absolute Gasteiger partial charge is 0.277 e. The summed E-state index contributed by atoms with van der Waals surface area (Å²) >= 11 is 7.44. The Morgan fingerprint density at radius 3 is 2.73 bits per heavy atom. The second kappa shape index (κ2) is 5.28. The third-order valence-electron chi connectivity index (χ3n) is 1.95. The lowest BCUT2D eigenvalue weighted by atomic mass is 10.0. The van der Waals surface area contributed by atoms with Gasteiger partial charge in [-0.2, -0.15) is 5.10 Å². The molecule has 0 aliphatic rings. The summed E-state index contributed by atoms with van der Waals surface area (Å²) in [6.07, 6.45) is 0.561. The first-order valence-electron chi connectivity index (χ1n) is 4.59. The van der Waals surface area contributed by atoms with Crippen LogP contribution >= 0.6 is 22.9 Å². The number of amides is 1. The van der Waals surface area contributed by atoms with Crippen molar-refractivity contribution in [2.45, 2.75) is 20.8 Å². The topological polar surface area (TPSA) is 41.5 Å². The number of carbonyl (C=O) groups is 1. The summed E-state index contributed by atoms with van der Waals surface area (Å²) in [5.74, 6) is 0.238. The maximum atomic E-state index is 10.2. The van der Waals surface area contributed by atoms with Crippen LogP contribution in [0.2, 0.25) is 4.34 Å². The van der Waals surface area contributed by atoms with E-state index < -0.39 is 0 Å². The lowest BCUT2D eigenvalue weighted by Crippen LogP contribution is -2.15. The second-order valence-electron chi connectivity index (χ2n) is 3.42. The van der Waals surface area contributed by atoms with Crippen LogP contribution in [0.15, 0.2) is 11.2 Å². The van der Waals surface area contributed by atoms with Gasteiger partial charge in [0.25, 0.3) is 0 Å². The molecule has 1 aromatic heterocycles. The van der Waals surface area contributed by atoms with Gasteiger partial charge in [0.1, 0.15) is 0 Å². The van der Waals surface area contributed by atoms with E-state index in [9.17, 15) is 4.79 Å². The Morgan fingerprint density at radius 2 is 2.33 bits per heavy atom. The lowest BCUT2D eigenvalue weighted by Gasteiger charge is -2.08. The minimum Gasteiger partial charge on any atom is -0.277 e. The van der Waals surface area contributed by atoms with E-state index in [-0.39, 0.29) is 5.92 Å². The molecular weight excluding hydrogens is 232 g/mol. The molecule has 0 aromatic carbocycles. The van der Waals surface area contributed by atoms with Crippen LogP contribution in [0.25, 0.3) is 0 Å². The lowest BCUT2D eigenvalue weighted by molar-refractivity contribution is -0.109. The fourth-order valence-corrected chi connectivity index (χ4v) is 2.50. The van der Waals surface area contributed by atoms with E-state index in [2.05, 4.69) is 10.5 Å². The Bertz CT molecular complexity index is 385. The van der Waals surface area contributed by atoms with E-state index in [4.69, 9.17) is 11.6 Å². The number of hydrogen-bond donors (Lipinski definition) is 1. The third-order valence-corrected chi connectivity index (χ3v) is 3.13. The van der Waals surface area contributed by atoms with Crippen molar-refractivity contribution in [2.75, 3.05) is 0 Å². The van der Waals surface area contributed by atoms with Crippen molar-refractivity contribution in [2.24, 2.45) is 11.0 Å². The van der Waals surface area contributed by atoms with Crippen LogP contribution < -0.4 is 5.43 Å². The van der Waals surface area contributed by atoms with Crippen molar-refractivity contribution in [3.63, 3.8) is 0 Å². The van der Waals surface area contributed by atoms with Gasteiger partial charge in [-0.25, -0.2) is 5.43 Å². The fourth-order valence-electron chi connectivity index (χ4n) is 1.30. The van der Waals surface area contributed by atoms with Crippen molar-refractivity contribution in [3.8, 4) is 0 Å². The van der Waals surface area contributed by atoms with E-state index in [1.807, 2.05) is 26.8 Å². The molecule has 3 nitrogen and oxygen atoms in total. The van der Waals surface area contributed by atoms with Gasteiger partial charge in [-0.15, -0.1) is 11.3 Å². The molecule has 1 rings (SSSR count). The molecule has 1 amide bonds. The number of thiophene rings is 1. The van der Waals surface area contributed by atoms with Gasteiger partial charge >= 0.3 is 0 Å². The van der Waals surface area contributed by atoms with E-state index in [1.165, 1.54) is 11.3 Å². The fraction of sp³-hybridized carbons (Fsp3) is 0.400. The number of carbonyl (C=O) groups excluding carboxylic acids is 1. The first-order chi connectivity index (χ1) is 7.06. The highest BCUT2D eigenvalue weighted by Gasteiger charge is 2.14. The van der Waals surface area contributed by atoms with Gasteiger partial charge in [0, 0.05) is 10.4 Å². The van der Waals surface area contributed by atoms with Gasteiger partial charge in [-0.05, 0) is 18.9 Å². The number of hydrogen-bond acceptors (Lipinski definition) is 3. The molecule has 0 radical (unpaired) electrons. The van der Waals surface area contributed by atoms with Crippen LogP contribution in [0.3, 0.4) is 0 Å². The van der Waals surface area contributed by atoms with Gasteiger partial charge < -0.3 is 0 Å². The summed E-state index contributed by atoms with van der Waals surface area (Å²) in [7, 11) is 0. The Morgan fingerprint density at radius 1 is 1.67 bits per heavy atom. The molecule has 0 saturated heterocycles. The molecule has 5 heteroatoms. The van der Waals surface area contributed by atoms with Crippen molar-refractivity contribution in [1.82, 2.24) is 5.43 Å². The van der Waals surface area contributed by atoms with Crippen LogP contribution in [0.1, 0.15) is 24.3 Å². The minimum absolute atomic E-state index is 0.238. The highest BCUT2D eigenvalue weighted by molar-refractivity contribution is 7.16. The quantitative estimate of drug-likeness (QED) is 0.494. The van der Waals surface area contributed by atoms with Crippen LogP contribution in [0.5, 0.6) is 0 Å². The number of nitrogens with one attached hydrogen (secondary N) is 1. The summed E-state index contributed by atoms with van der Waals surface area (Å²) in [5, 5.41) is 4.03. The Balaban J connectivity index is 3.09. The molecular formula is C10H13ClN2OS. The van der Waals surface area contributed by atoms with E-state index in [0.717, 1.165) is 20.5 Å². The zero-order valence-corrected chi connectivity index (χ0v) is 10.4. The molecule has 1 N–H and O–H groups in total. The average molecular weight is 245 g/mol. The zero-order valence-electron chi connectivity index (χ0n) is 8.87. The first kappa shape index (κ1) is 12.2. The number of hydrazone groups is 1. The Labute approximate surface area is 98.1 Å².